The SMILES string of the molecule is CCN(CC(C)C(=O)O)C(=O)c1ccc(CN)o1. The van der Waals surface area contributed by atoms with Crippen LogP contribution in [-0.2, 0) is 11.3 Å². The van der Waals surface area contributed by atoms with Crippen LogP contribution >= 0.6 is 0 Å². The van der Waals surface area contributed by atoms with Crippen LogP contribution in [0, 0.1) is 5.92 Å². The summed E-state index contributed by atoms with van der Waals surface area (Å²) < 4.78 is 5.26. The zero-order valence-corrected chi connectivity index (χ0v) is 10.5. The van der Waals surface area contributed by atoms with Crippen LogP contribution in [0.15, 0.2) is 16.5 Å². The van der Waals surface area contributed by atoms with E-state index in [4.69, 9.17) is 15.3 Å². The predicted octanol–water partition coefficient (Wildman–Crippen LogP) is 0.921. The number of carboxylic acid groups (broad SMARTS) is 1. The van der Waals surface area contributed by atoms with Crippen molar-refractivity contribution >= 4 is 11.9 Å². The van der Waals surface area contributed by atoms with Gasteiger partial charge in [0.15, 0.2) is 5.76 Å². The van der Waals surface area contributed by atoms with Gasteiger partial charge in [-0.25, -0.2) is 0 Å². The molecule has 1 amide bonds. The van der Waals surface area contributed by atoms with E-state index >= 15 is 0 Å². The summed E-state index contributed by atoms with van der Waals surface area (Å²) in [5, 5.41) is 8.84. The minimum absolute atomic E-state index is 0.156. The van der Waals surface area contributed by atoms with Gasteiger partial charge in [-0.15, -0.1) is 0 Å². The maximum atomic E-state index is 12.1. The molecule has 1 rings (SSSR count). The van der Waals surface area contributed by atoms with Gasteiger partial charge < -0.3 is 20.2 Å². The third-order valence-electron chi connectivity index (χ3n) is 2.66. The van der Waals surface area contributed by atoms with E-state index in [9.17, 15) is 9.59 Å². The number of furan rings is 1. The number of rotatable bonds is 6. The van der Waals surface area contributed by atoms with Crippen LogP contribution in [0.2, 0.25) is 0 Å². The molecule has 3 N–H and O–H groups in total. The van der Waals surface area contributed by atoms with Crippen molar-refractivity contribution in [1.82, 2.24) is 4.90 Å². The van der Waals surface area contributed by atoms with Gasteiger partial charge in [0, 0.05) is 13.1 Å². The van der Waals surface area contributed by atoms with Gasteiger partial charge in [-0.3, -0.25) is 9.59 Å². The van der Waals surface area contributed by atoms with Gasteiger partial charge in [-0.2, -0.15) is 0 Å². The van der Waals surface area contributed by atoms with Gasteiger partial charge in [-0.1, -0.05) is 6.92 Å². The van der Waals surface area contributed by atoms with Crippen molar-refractivity contribution in [2.45, 2.75) is 20.4 Å². The molecule has 0 aliphatic heterocycles. The summed E-state index contributed by atoms with van der Waals surface area (Å²) in [6.45, 7) is 4.16. The number of carboxylic acids is 1. The Kier molecular flexibility index (Phi) is 4.91. The number of carbonyl (C=O) groups excluding carboxylic acids is 1. The van der Waals surface area contributed by atoms with Crippen molar-refractivity contribution in [2.24, 2.45) is 11.7 Å². The Morgan fingerprint density at radius 1 is 1.50 bits per heavy atom. The number of nitrogens with two attached hydrogens (primary N) is 1. The molecule has 0 radical (unpaired) electrons. The Morgan fingerprint density at radius 2 is 2.17 bits per heavy atom. The number of amides is 1. The number of nitrogens with zero attached hydrogens (tertiary/aromatic N) is 1. The highest BCUT2D eigenvalue weighted by molar-refractivity contribution is 5.91. The Morgan fingerprint density at radius 3 is 2.61 bits per heavy atom. The maximum Gasteiger partial charge on any atom is 0.308 e. The van der Waals surface area contributed by atoms with E-state index in [0.717, 1.165) is 0 Å². The number of hydrogen-bond acceptors (Lipinski definition) is 4. The van der Waals surface area contributed by atoms with E-state index in [0.29, 0.717) is 12.3 Å². The summed E-state index contributed by atoms with van der Waals surface area (Å²) in [4.78, 5) is 24.3. The molecule has 1 atom stereocenters. The van der Waals surface area contributed by atoms with Crippen molar-refractivity contribution in [3.05, 3.63) is 23.7 Å². The molecular weight excluding hydrogens is 236 g/mol. The molecule has 0 aliphatic rings. The fourth-order valence-electron chi connectivity index (χ4n) is 1.52. The summed E-state index contributed by atoms with van der Waals surface area (Å²) in [5.74, 6) is -1.14. The van der Waals surface area contributed by atoms with Crippen LogP contribution < -0.4 is 5.73 Å². The van der Waals surface area contributed by atoms with Crippen molar-refractivity contribution < 1.29 is 19.1 Å². The van der Waals surface area contributed by atoms with E-state index in [2.05, 4.69) is 0 Å². The third-order valence-corrected chi connectivity index (χ3v) is 2.66. The second kappa shape index (κ2) is 6.20. The molecule has 100 valence electrons. The standard InChI is InChI=1S/C12H18N2O4/c1-3-14(7-8(2)12(16)17)11(15)10-5-4-9(6-13)18-10/h4-5,8H,3,6-7,13H2,1-2H3,(H,16,17). The fraction of sp³-hybridized carbons (Fsp3) is 0.500. The fourth-order valence-corrected chi connectivity index (χ4v) is 1.52. The van der Waals surface area contributed by atoms with Crippen LogP contribution in [0.1, 0.15) is 30.2 Å². The molecule has 0 spiro atoms. The minimum Gasteiger partial charge on any atom is -0.481 e. The quantitative estimate of drug-likeness (QED) is 0.786. The monoisotopic (exact) mass is 254 g/mol. The summed E-state index contributed by atoms with van der Waals surface area (Å²) in [6, 6.07) is 3.19. The molecule has 0 aromatic carbocycles. The summed E-state index contributed by atoms with van der Waals surface area (Å²) in [6.07, 6.45) is 0. The van der Waals surface area contributed by atoms with Gasteiger partial charge in [0.25, 0.3) is 5.91 Å². The maximum absolute atomic E-state index is 12.1. The lowest BCUT2D eigenvalue weighted by atomic mass is 10.1. The van der Waals surface area contributed by atoms with Crippen LogP contribution in [0.25, 0.3) is 0 Å². The largest absolute Gasteiger partial charge is 0.481 e. The first-order valence-electron chi connectivity index (χ1n) is 5.80. The van der Waals surface area contributed by atoms with Gasteiger partial charge in [0.05, 0.1) is 12.5 Å². The zero-order valence-electron chi connectivity index (χ0n) is 10.5. The lowest BCUT2D eigenvalue weighted by molar-refractivity contribution is -0.141. The molecule has 1 aromatic heterocycles. The second-order valence-electron chi connectivity index (χ2n) is 4.05. The lowest BCUT2D eigenvalue weighted by Crippen LogP contribution is -2.36. The van der Waals surface area contributed by atoms with E-state index in [1.807, 2.05) is 0 Å². The van der Waals surface area contributed by atoms with Gasteiger partial charge in [0.1, 0.15) is 5.76 Å². The highest BCUT2D eigenvalue weighted by Gasteiger charge is 2.22. The first kappa shape index (κ1) is 14.2. The van der Waals surface area contributed by atoms with E-state index in [1.165, 1.54) is 4.90 Å². The zero-order chi connectivity index (χ0) is 13.7. The van der Waals surface area contributed by atoms with Gasteiger partial charge in [-0.05, 0) is 19.1 Å². The van der Waals surface area contributed by atoms with Crippen molar-refractivity contribution in [3.63, 3.8) is 0 Å². The minimum atomic E-state index is -0.927. The lowest BCUT2D eigenvalue weighted by Gasteiger charge is -2.21. The Hall–Kier alpha value is -1.82. The van der Waals surface area contributed by atoms with Crippen LogP contribution in [0.5, 0.6) is 0 Å². The molecule has 18 heavy (non-hydrogen) atoms. The van der Waals surface area contributed by atoms with E-state index in [1.54, 1.807) is 26.0 Å². The normalized spacial score (nSPS) is 12.2. The molecule has 1 heterocycles. The van der Waals surface area contributed by atoms with Crippen molar-refractivity contribution in [2.75, 3.05) is 13.1 Å². The van der Waals surface area contributed by atoms with Crippen LogP contribution in [0.3, 0.4) is 0 Å². The first-order chi connectivity index (χ1) is 8.49. The molecule has 0 saturated carbocycles. The van der Waals surface area contributed by atoms with Crippen LogP contribution in [0.4, 0.5) is 0 Å². The van der Waals surface area contributed by atoms with Gasteiger partial charge in [0.2, 0.25) is 0 Å². The summed E-state index contributed by atoms with van der Waals surface area (Å²) in [5.41, 5.74) is 5.40. The highest BCUT2D eigenvalue weighted by Crippen LogP contribution is 2.12. The Bertz CT molecular complexity index is 427. The van der Waals surface area contributed by atoms with Crippen LogP contribution in [-0.4, -0.2) is 35.0 Å². The van der Waals surface area contributed by atoms with Crippen molar-refractivity contribution in [1.29, 1.82) is 0 Å². The van der Waals surface area contributed by atoms with Crippen molar-refractivity contribution in [3.8, 4) is 0 Å². The second-order valence-corrected chi connectivity index (χ2v) is 4.05. The predicted molar refractivity (Wildman–Crippen MR) is 65.0 cm³/mol. The molecule has 6 nitrogen and oxygen atoms in total. The molecule has 0 bridgehead atoms. The average molecular weight is 254 g/mol. The smallest absolute Gasteiger partial charge is 0.308 e. The molecule has 1 unspecified atom stereocenters. The third kappa shape index (κ3) is 3.33. The van der Waals surface area contributed by atoms with E-state index in [-0.39, 0.29) is 24.8 Å². The first-order valence-corrected chi connectivity index (χ1v) is 5.80. The Labute approximate surface area is 105 Å². The summed E-state index contributed by atoms with van der Waals surface area (Å²) in [7, 11) is 0. The van der Waals surface area contributed by atoms with E-state index < -0.39 is 11.9 Å². The molecule has 1 aromatic rings. The molecule has 0 fully saturated rings. The molecule has 0 aliphatic carbocycles. The Balaban J connectivity index is 2.75. The summed E-state index contributed by atoms with van der Waals surface area (Å²) >= 11 is 0. The molecule has 0 saturated heterocycles. The number of aliphatic carboxylic acids is 1. The average Bonchev–Trinajstić information content (AvgIpc) is 2.83. The highest BCUT2D eigenvalue weighted by atomic mass is 16.4. The molecular formula is C12H18N2O4. The topological polar surface area (TPSA) is 96.8 Å². The number of hydrogen-bond donors (Lipinski definition) is 2. The van der Waals surface area contributed by atoms with Gasteiger partial charge >= 0.3 is 5.97 Å². The number of carbonyl (C=O) groups is 2. The molecule has 6 heteroatoms.